The van der Waals surface area contributed by atoms with E-state index in [0.29, 0.717) is 0 Å². The Balaban J connectivity index is 2.11. The minimum absolute atomic E-state index is 0.587. The summed E-state index contributed by atoms with van der Waals surface area (Å²) >= 11 is 0. The molecular formula is C20H30N4O2P2. The molecule has 1 aliphatic rings. The van der Waals surface area contributed by atoms with Gasteiger partial charge in [-0.05, 0) is 65.8 Å². The maximum Gasteiger partial charge on any atom is 0.325 e. The van der Waals surface area contributed by atoms with Gasteiger partial charge in [0.2, 0.25) is 0 Å². The number of hydrogen-bond acceptors (Lipinski definition) is 2. The highest BCUT2D eigenvalue weighted by Gasteiger charge is 2.71. The number of nitrogens with one attached hydrogen (secondary N) is 2. The fourth-order valence-electron chi connectivity index (χ4n) is 3.64. The lowest BCUT2D eigenvalue weighted by molar-refractivity contribution is 0.230. The maximum atomic E-state index is 14.3. The third-order valence-corrected chi connectivity index (χ3v) is 12.8. The van der Waals surface area contributed by atoms with E-state index in [-0.39, 0.29) is 0 Å². The molecule has 28 heavy (non-hydrogen) atoms. The molecule has 2 aromatic carbocycles. The van der Waals surface area contributed by atoms with Crippen molar-refractivity contribution in [1.82, 2.24) is 8.88 Å². The van der Waals surface area contributed by atoms with E-state index < -0.39 is 26.3 Å². The van der Waals surface area contributed by atoms with Gasteiger partial charge in [0, 0.05) is 22.5 Å². The van der Waals surface area contributed by atoms with E-state index >= 15 is 0 Å². The molecule has 1 heterocycles. The molecule has 2 N–H and O–H groups in total. The summed E-state index contributed by atoms with van der Waals surface area (Å²) in [7, 11) is -6.69. The van der Waals surface area contributed by atoms with E-state index in [1.165, 1.54) is 0 Å². The molecule has 0 radical (unpaired) electrons. The van der Waals surface area contributed by atoms with Gasteiger partial charge >= 0.3 is 15.2 Å². The molecule has 0 aliphatic carbocycles. The molecule has 0 unspecified atom stereocenters. The van der Waals surface area contributed by atoms with E-state index in [9.17, 15) is 9.13 Å². The fraction of sp³-hybridized carbons (Fsp3) is 0.400. The lowest BCUT2D eigenvalue weighted by Gasteiger charge is -2.62. The van der Waals surface area contributed by atoms with E-state index in [4.69, 9.17) is 0 Å². The standard InChI is InChI=1S/C20H30N4O2P2/c1-19(2,3)23-27(25,21-17-13-9-7-10-14-17)24(20(4,5)6)28(23,26)22-18-15-11-8-12-16-18/h7-16H,1-6H3,(H,21,25)(H,22,26). The Hall–Kier alpha value is -1.58. The molecular weight excluding hydrogens is 390 g/mol. The van der Waals surface area contributed by atoms with Gasteiger partial charge in [-0.2, -0.15) is 0 Å². The largest absolute Gasteiger partial charge is 0.325 e. The summed E-state index contributed by atoms with van der Waals surface area (Å²) in [6, 6.07) is 18.9. The van der Waals surface area contributed by atoms with Crippen LogP contribution in [0.25, 0.3) is 0 Å². The molecule has 3 rings (SSSR count). The van der Waals surface area contributed by atoms with Crippen molar-refractivity contribution in [3.05, 3.63) is 60.7 Å². The van der Waals surface area contributed by atoms with Crippen molar-refractivity contribution in [2.75, 3.05) is 10.2 Å². The number of para-hydroxylation sites is 2. The maximum absolute atomic E-state index is 14.3. The van der Waals surface area contributed by atoms with Gasteiger partial charge < -0.3 is 10.2 Å². The van der Waals surface area contributed by atoms with Gasteiger partial charge in [0.05, 0.1) is 0 Å². The zero-order valence-electron chi connectivity index (χ0n) is 17.4. The van der Waals surface area contributed by atoms with Crippen LogP contribution in [-0.4, -0.2) is 20.0 Å². The second-order valence-electron chi connectivity index (χ2n) is 8.96. The molecule has 0 saturated carbocycles. The Morgan fingerprint density at radius 3 is 1.14 bits per heavy atom. The third-order valence-electron chi connectivity index (χ3n) is 4.32. The van der Waals surface area contributed by atoms with Gasteiger partial charge in [-0.25, -0.2) is 0 Å². The van der Waals surface area contributed by atoms with Crippen LogP contribution in [0.1, 0.15) is 41.5 Å². The second-order valence-corrected chi connectivity index (χ2v) is 13.8. The van der Waals surface area contributed by atoms with Gasteiger partial charge in [-0.3, -0.25) is 9.13 Å². The summed E-state index contributed by atoms with van der Waals surface area (Å²) in [5, 5.41) is 6.41. The summed E-state index contributed by atoms with van der Waals surface area (Å²) in [5.74, 6) is 0. The number of benzene rings is 2. The van der Waals surface area contributed by atoms with Crippen LogP contribution in [-0.2, 0) is 9.13 Å². The van der Waals surface area contributed by atoms with Crippen molar-refractivity contribution in [3.63, 3.8) is 0 Å². The normalized spacial score (nSPS) is 26.5. The van der Waals surface area contributed by atoms with Crippen LogP contribution < -0.4 is 10.2 Å². The van der Waals surface area contributed by atoms with Crippen LogP contribution in [0.2, 0.25) is 0 Å². The van der Waals surface area contributed by atoms with Gasteiger partial charge in [-0.1, -0.05) is 36.4 Å². The minimum Gasteiger partial charge on any atom is -0.312 e. The summed E-state index contributed by atoms with van der Waals surface area (Å²) < 4.78 is 32.0. The number of anilines is 2. The van der Waals surface area contributed by atoms with Crippen molar-refractivity contribution in [1.29, 1.82) is 0 Å². The van der Waals surface area contributed by atoms with Crippen molar-refractivity contribution in [2.45, 2.75) is 52.6 Å². The predicted molar refractivity (Wildman–Crippen MR) is 119 cm³/mol. The van der Waals surface area contributed by atoms with Gasteiger partial charge in [-0.15, -0.1) is 8.88 Å². The highest BCUT2D eigenvalue weighted by atomic mass is 31.3. The molecule has 0 aromatic heterocycles. The summed E-state index contributed by atoms with van der Waals surface area (Å²) in [5.41, 5.74) is 0.299. The lowest BCUT2D eigenvalue weighted by Crippen LogP contribution is -2.59. The molecule has 1 saturated heterocycles. The first kappa shape index (κ1) is 21.1. The number of hydrogen-bond donors (Lipinski definition) is 2. The fourth-order valence-corrected chi connectivity index (χ4v) is 12.2. The Labute approximate surface area is 168 Å². The van der Waals surface area contributed by atoms with Crippen LogP contribution in [0.5, 0.6) is 0 Å². The highest BCUT2D eigenvalue weighted by Crippen LogP contribution is 2.88. The molecule has 152 valence electrons. The Kier molecular flexibility index (Phi) is 5.31. The van der Waals surface area contributed by atoms with Crippen molar-refractivity contribution >= 4 is 26.6 Å². The molecule has 0 atom stereocenters. The van der Waals surface area contributed by atoms with Crippen molar-refractivity contribution in [3.8, 4) is 0 Å². The average Bonchev–Trinajstić information content (AvgIpc) is 2.52. The van der Waals surface area contributed by atoms with Gasteiger partial charge in [0.1, 0.15) is 0 Å². The zero-order chi connectivity index (χ0) is 20.8. The quantitative estimate of drug-likeness (QED) is 0.541. The van der Waals surface area contributed by atoms with Crippen LogP contribution in [0.3, 0.4) is 0 Å². The Morgan fingerprint density at radius 2 is 0.893 bits per heavy atom. The molecule has 8 heteroatoms. The first-order valence-corrected chi connectivity index (χ1v) is 12.6. The van der Waals surface area contributed by atoms with Crippen LogP contribution in [0, 0.1) is 0 Å². The number of nitrogens with zero attached hydrogens (tertiary/aromatic N) is 2. The van der Waals surface area contributed by atoms with E-state index in [0.717, 1.165) is 11.4 Å². The highest BCUT2D eigenvalue weighted by molar-refractivity contribution is 7.89. The lowest BCUT2D eigenvalue weighted by atomic mass is 10.1. The zero-order valence-corrected chi connectivity index (χ0v) is 19.2. The first-order chi connectivity index (χ1) is 12.9. The van der Waals surface area contributed by atoms with E-state index in [2.05, 4.69) is 10.2 Å². The second kappa shape index (κ2) is 7.03. The third kappa shape index (κ3) is 3.67. The molecule has 0 bridgehead atoms. The smallest absolute Gasteiger partial charge is 0.312 e. The SMILES string of the molecule is CC(C)(C)N1P(=O)(Nc2ccccc2)N(C(C)(C)C)P1(=O)Nc1ccccc1. The summed E-state index contributed by atoms with van der Waals surface area (Å²) in [6.45, 7) is 11.6. The molecule has 6 nitrogen and oxygen atoms in total. The Bertz CT molecular complexity index is 827. The topological polar surface area (TPSA) is 64.7 Å². The van der Waals surface area contributed by atoms with Crippen molar-refractivity contribution in [2.24, 2.45) is 0 Å². The summed E-state index contributed by atoms with van der Waals surface area (Å²) in [6.07, 6.45) is 0. The van der Waals surface area contributed by atoms with E-state index in [1.807, 2.05) is 102 Å². The van der Waals surface area contributed by atoms with Crippen LogP contribution in [0.4, 0.5) is 11.4 Å². The van der Waals surface area contributed by atoms with Crippen LogP contribution >= 0.6 is 15.2 Å². The van der Waals surface area contributed by atoms with Crippen LogP contribution in [0.15, 0.2) is 60.7 Å². The van der Waals surface area contributed by atoms with Gasteiger partial charge in [0.25, 0.3) is 0 Å². The number of rotatable bonds is 4. The molecule has 0 amide bonds. The average molecular weight is 420 g/mol. The predicted octanol–water partition coefficient (Wildman–Crippen LogP) is 6.64. The molecule has 1 aliphatic heterocycles. The monoisotopic (exact) mass is 420 g/mol. The van der Waals surface area contributed by atoms with Crippen molar-refractivity contribution < 1.29 is 9.13 Å². The Morgan fingerprint density at radius 1 is 0.607 bits per heavy atom. The minimum atomic E-state index is -3.35. The molecule has 1 fully saturated rings. The van der Waals surface area contributed by atoms with E-state index in [1.54, 1.807) is 8.88 Å². The van der Waals surface area contributed by atoms with Gasteiger partial charge in [0.15, 0.2) is 0 Å². The molecule has 2 aromatic rings. The molecule has 0 spiro atoms. The first-order valence-electron chi connectivity index (χ1n) is 9.38. The summed E-state index contributed by atoms with van der Waals surface area (Å²) in [4.78, 5) is 0.